The highest BCUT2D eigenvalue weighted by Gasteiger charge is 2.17. The van der Waals surface area contributed by atoms with Crippen molar-refractivity contribution in [2.45, 2.75) is 32.9 Å². The Labute approximate surface area is 144 Å². The van der Waals surface area contributed by atoms with Crippen molar-refractivity contribution < 1.29 is 0 Å². The molecule has 3 nitrogen and oxygen atoms in total. The fourth-order valence-corrected chi connectivity index (χ4v) is 3.95. The van der Waals surface area contributed by atoms with Crippen LogP contribution in [0.2, 0.25) is 0 Å². The second-order valence-electron chi connectivity index (χ2n) is 4.68. The molecular formula is C14H16Br3N3. The van der Waals surface area contributed by atoms with Crippen LogP contribution in [0, 0.1) is 6.92 Å². The Morgan fingerprint density at radius 2 is 1.80 bits per heavy atom. The maximum Gasteiger partial charge on any atom is 0.0738 e. The lowest BCUT2D eigenvalue weighted by atomic mass is 10.0. The third kappa shape index (κ3) is 3.53. The Morgan fingerprint density at radius 1 is 1.20 bits per heavy atom. The number of halogens is 3. The van der Waals surface area contributed by atoms with Gasteiger partial charge in [0.1, 0.15) is 0 Å². The second kappa shape index (κ2) is 6.73. The zero-order valence-corrected chi connectivity index (χ0v) is 16.1. The monoisotopic (exact) mass is 463 g/mol. The highest BCUT2D eigenvalue weighted by Crippen LogP contribution is 2.28. The van der Waals surface area contributed by atoms with E-state index in [0.29, 0.717) is 0 Å². The number of aryl methyl sites for hydroxylation is 2. The van der Waals surface area contributed by atoms with E-state index in [1.807, 2.05) is 17.7 Å². The molecule has 0 aliphatic carbocycles. The average Bonchev–Trinajstić information content (AvgIpc) is 2.65. The van der Waals surface area contributed by atoms with Gasteiger partial charge in [-0.2, -0.15) is 5.10 Å². The molecule has 6 heteroatoms. The van der Waals surface area contributed by atoms with Crippen LogP contribution < -0.4 is 5.73 Å². The van der Waals surface area contributed by atoms with Gasteiger partial charge in [0.25, 0.3) is 0 Å². The van der Waals surface area contributed by atoms with Crippen LogP contribution in [0.4, 0.5) is 0 Å². The predicted molar refractivity (Wildman–Crippen MR) is 92.8 cm³/mol. The Hall–Kier alpha value is -0.170. The van der Waals surface area contributed by atoms with Crippen molar-refractivity contribution in [1.82, 2.24) is 9.78 Å². The molecule has 2 N–H and O–H groups in total. The standard InChI is InChI=1S/C14H16Br3N3/c1-3-20-13(14(17)8(2)19-20)7-12(18)9-4-10(15)6-11(16)5-9/h4-6,12H,3,7,18H2,1-2H3. The normalized spacial score (nSPS) is 12.7. The van der Waals surface area contributed by atoms with Crippen molar-refractivity contribution in [3.63, 3.8) is 0 Å². The summed E-state index contributed by atoms with van der Waals surface area (Å²) in [4.78, 5) is 0. The summed E-state index contributed by atoms with van der Waals surface area (Å²) < 4.78 is 5.11. The van der Waals surface area contributed by atoms with Crippen molar-refractivity contribution in [3.8, 4) is 0 Å². The summed E-state index contributed by atoms with van der Waals surface area (Å²) in [6.45, 7) is 4.93. The van der Waals surface area contributed by atoms with Crippen LogP contribution in [0.5, 0.6) is 0 Å². The minimum atomic E-state index is -0.0681. The maximum absolute atomic E-state index is 6.36. The number of nitrogens with zero attached hydrogens (tertiary/aromatic N) is 2. The molecule has 1 aromatic heterocycles. The van der Waals surface area contributed by atoms with Crippen LogP contribution in [-0.2, 0) is 13.0 Å². The largest absolute Gasteiger partial charge is 0.324 e. The molecule has 108 valence electrons. The molecule has 0 fully saturated rings. The molecule has 0 saturated carbocycles. The molecule has 2 rings (SSSR count). The minimum Gasteiger partial charge on any atom is -0.324 e. The molecule has 1 heterocycles. The number of hydrogen-bond acceptors (Lipinski definition) is 2. The fourth-order valence-electron chi connectivity index (χ4n) is 2.18. The molecule has 0 saturated heterocycles. The summed E-state index contributed by atoms with van der Waals surface area (Å²) in [6.07, 6.45) is 0.748. The first-order chi connectivity index (χ1) is 9.42. The van der Waals surface area contributed by atoms with Gasteiger partial charge < -0.3 is 5.73 Å². The summed E-state index contributed by atoms with van der Waals surface area (Å²) in [6, 6.07) is 6.06. The highest BCUT2D eigenvalue weighted by molar-refractivity contribution is 9.11. The summed E-state index contributed by atoms with van der Waals surface area (Å²) >= 11 is 10.6. The van der Waals surface area contributed by atoms with Crippen LogP contribution in [-0.4, -0.2) is 9.78 Å². The zero-order valence-electron chi connectivity index (χ0n) is 11.3. The number of nitrogens with two attached hydrogens (primary N) is 1. The molecule has 20 heavy (non-hydrogen) atoms. The summed E-state index contributed by atoms with van der Waals surface area (Å²) in [5.74, 6) is 0. The van der Waals surface area contributed by atoms with Gasteiger partial charge >= 0.3 is 0 Å². The Balaban J connectivity index is 2.29. The molecule has 0 radical (unpaired) electrons. The first-order valence-corrected chi connectivity index (χ1v) is 8.73. The number of rotatable bonds is 4. The zero-order chi connectivity index (χ0) is 14.9. The Morgan fingerprint density at radius 3 is 2.35 bits per heavy atom. The highest BCUT2D eigenvalue weighted by atomic mass is 79.9. The van der Waals surface area contributed by atoms with Crippen molar-refractivity contribution in [3.05, 3.63) is 48.6 Å². The third-order valence-electron chi connectivity index (χ3n) is 3.18. The molecule has 0 aliphatic rings. The van der Waals surface area contributed by atoms with E-state index in [1.54, 1.807) is 0 Å². The average molecular weight is 466 g/mol. The summed E-state index contributed by atoms with van der Waals surface area (Å²) in [5, 5.41) is 4.51. The summed E-state index contributed by atoms with van der Waals surface area (Å²) in [7, 11) is 0. The van der Waals surface area contributed by atoms with Gasteiger partial charge in [-0.1, -0.05) is 31.9 Å². The number of aromatic nitrogens is 2. The molecule has 0 amide bonds. The lowest BCUT2D eigenvalue weighted by Crippen LogP contribution is -2.16. The van der Waals surface area contributed by atoms with E-state index < -0.39 is 0 Å². The van der Waals surface area contributed by atoms with E-state index in [-0.39, 0.29) is 6.04 Å². The molecule has 1 unspecified atom stereocenters. The van der Waals surface area contributed by atoms with Crippen LogP contribution in [0.15, 0.2) is 31.6 Å². The van der Waals surface area contributed by atoms with E-state index in [9.17, 15) is 0 Å². The SMILES string of the molecule is CCn1nc(C)c(Br)c1CC(N)c1cc(Br)cc(Br)c1. The van der Waals surface area contributed by atoms with Gasteiger partial charge in [-0.15, -0.1) is 0 Å². The number of hydrogen-bond donors (Lipinski definition) is 1. The fraction of sp³-hybridized carbons (Fsp3) is 0.357. The smallest absolute Gasteiger partial charge is 0.0738 e. The van der Waals surface area contributed by atoms with Gasteiger partial charge in [0.2, 0.25) is 0 Å². The van der Waals surface area contributed by atoms with Crippen LogP contribution in [0.3, 0.4) is 0 Å². The van der Waals surface area contributed by atoms with Gasteiger partial charge in [0.05, 0.1) is 15.9 Å². The first-order valence-electron chi connectivity index (χ1n) is 6.35. The summed E-state index contributed by atoms with van der Waals surface area (Å²) in [5.41, 5.74) is 9.61. The molecule has 0 aliphatic heterocycles. The lowest BCUT2D eigenvalue weighted by molar-refractivity contribution is 0.586. The van der Waals surface area contributed by atoms with Crippen LogP contribution >= 0.6 is 47.8 Å². The quantitative estimate of drug-likeness (QED) is 0.708. The molecule has 2 aromatic rings. The Bertz CT molecular complexity index is 602. The van der Waals surface area contributed by atoms with Gasteiger partial charge in [0, 0.05) is 28.0 Å². The van der Waals surface area contributed by atoms with E-state index in [4.69, 9.17) is 5.73 Å². The molecular weight excluding hydrogens is 450 g/mol. The van der Waals surface area contributed by atoms with Gasteiger partial charge in [-0.05, 0) is 53.5 Å². The lowest BCUT2D eigenvalue weighted by Gasteiger charge is -2.14. The van der Waals surface area contributed by atoms with Crippen LogP contribution in [0.25, 0.3) is 0 Å². The third-order valence-corrected chi connectivity index (χ3v) is 5.13. The van der Waals surface area contributed by atoms with Crippen molar-refractivity contribution in [2.24, 2.45) is 5.73 Å². The topological polar surface area (TPSA) is 43.8 Å². The van der Waals surface area contributed by atoms with Gasteiger partial charge in [-0.25, -0.2) is 0 Å². The van der Waals surface area contributed by atoms with E-state index in [1.165, 1.54) is 0 Å². The van der Waals surface area contributed by atoms with Crippen LogP contribution in [0.1, 0.15) is 29.9 Å². The van der Waals surface area contributed by atoms with Gasteiger partial charge in [0.15, 0.2) is 0 Å². The first kappa shape index (κ1) is 16.2. The molecule has 0 spiro atoms. The minimum absolute atomic E-state index is 0.0681. The van der Waals surface area contributed by atoms with Crippen molar-refractivity contribution >= 4 is 47.8 Å². The predicted octanol–water partition coefficient (Wildman–Crippen LogP) is 4.74. The second-order valence-corrected chi connectivity index (χ2v) is 7.30. The van der Waals surface area contributed by atoms with Gasteiger partial charge in [-0.3, -0.25) is 4.68 Å². The number of benzene rings is 1. The molecule has 1 atom stereocenters. The molecule has 0 bridgehead atoms. The van der Waals surface area contributed by atoms with E-state index >= 15 is 0 Å². The van der Waals surface area contributed by atoms with E-state index in [0.717, 1.165) is 43.3 Å². The maximum atomic E-state index is 6.36. The van der Waals surface area contributed by atoms with Crippen molar-refractivity contribution in [1.29, 1.82) is 0 Å². The molecule has 1 aromatic carbocycles. The van der Waals surface area contributed by atoms with E-state index in [2.05, 4.69) is 71.9 Å². The Kier molecular flexibility index (Phi) is 5.45. The van der Waals surface area contributed by atoms with Crippen molar-refractivity contribution in [2.75, 3.05) is 0 Å².